The van der Waals surface area contributed by atoms with Crippen LogP contribution in [0, 0.1) is 6.92 Å². The third-order valence-electron chi connectivity index (χ3n) is 2.10. The van der Waals surface area contributed by atoms with Crippen molar-refractivity contribution in [1.29, 1.82) is 0 Å². The normalized spacial score (nSPS) is 12.2. The minimum Gasteiger partial charge on any atom is -0.293 e. The first kappa shape index (κ1) is 15.2. The molecule has 102 valence electrons. The standard InChI is InChI=1S/C13H22NO3P/c1-10(2)16-18(15,17-11(3)4)14-13-9-7-6-8-12(13)5/h6-11H,1-5H3,(H,14,15). The van der Waals surface area contributed by atoms with Gasteiger partial charge in [0.2, 0.25) is 0 Å². The molecule has 0 radical (unpaired) electrons. The van der Waals surface area contributed by atoms with Crippen LogP contribution in [-0.4, -0.2) is 12.2 Å². The summed E-state index contributed by atoms with van der Waals surface area (Å²) in [6.45, 7) is 9.26. The van der Waals surface area contributed by atoms with Crippen LogP contribution in [0.15, 0.2) is 24.3 Å². The Balaban J connectivity index is 2.91. The lowest BCUT2D eigenvalue weighted by Gasteiger charge is -2.24. The Morgan fingerprint density at radius 2 is 1.56 bits per heavy atom. The number of hydrogen-bond acceptors (Lipinski definition) is 3. The minimum atomic E-state index is -3.33. The van der Waals surface area contributed by atoms with Gasteiger partial charge >= 0.3 is 7.75 Å². The summed E-state index contributed by atoms with van der Waals surface area (Å²) in [4.78, 5) is 0. The molecule has 0 atom stereocenters. The van der Waals surface area contributed by atoms with Crippen LogP contribution in [0.1, 0.15) is 33.3 Å². The Kier molecular flexibility index (Phi) is 5.39. The van der Waals surface area contributed by atoms with Gasteiger partial charge in [-0.15, -0.1) is 0 Å². The van der Waals surface area contributed by atoms with Gasteiger partial charge in [0.25, 0.3) is 0 Å². The molecule has 0 saturated carbocycles. The summed E-state index contributed by atoms with van der Waals surface area (Å²) in [6, 6.07) is 7.61. The summed E-state index contributed by atoms with van der Waals surface area (Å²) < 4.78 is 23.5. The van der Waals surface area contributed by atoms with Crippen LogP contribution < -0.4 is 5.09 Å². The fourth-order valence-electron chi connectivity index (χ4n) is 1.48. The van der Waals surface area contributed by atoms with E-state index in [1.165, 1.54) is 0 Å². The number of anilines is 1. The number of para-hydroxylation sites is 1. The molecular formula is C13H22NO3P. The first-order valence-corrected chi connectivity index (χ1v) is 7.67. The average Bonchev–Trinajstić information content (AvgIpc) is 2.18. The van der Waals surface area contributed by atoms with Crippen LogP contribution in [0.2, 0.25) is 0 Å². The average molecular weight is 271 g/mol. The second-order valence-corrected chi connectivity index (χ2v) is 6.37. The molecule has 0 aliphatic heterocycles. The van der Waals surface area contributed by atoms with E-state index in [-0.39, 0.29) is 12.2 Å². The van der Waals surface area contributed by atoms with Gasteiger partial charge in [-0.1, -0.05) is 18.2 Å². The van der Waals surface area contributed by atoms with Gasteiger partial charge in [-0.2, -0.15) is 0 Å². The third-order valence-corrected chi connectivity index (χ3v) is 4.01. The Morgan fingerprint density at radius 3 is 2.00 bits per heavy atom. The van der Waals surface area contributed by atoms with Crippen molar-refractivity contribution in [3.8, 4) is 0 Å². The van der Waals surface area contributed by atoms with Gasteiger partial charge in [0, 0.05) is 5.69 Å². The molecule has 0 bridgehead atoms. The summed E-state index contributed by atoms with van der Waals surface area (Å²) in [7, 11) is -3.33. The Bertz CT molecular complexity index is 418. The lowest BCUT2D eigenvalue weighted by atomic mass is 10.2. The van der Waals surface area contributed by atoms with Crippen molar-refractivity contribution in [1.82, 2.24) is 0 Å². The van der Waals surface area contributed by atoms with Crippen LogP contribution in [-0.2, 0) is 13.6 Å². The molecule has 0 unspecified atom stereocenters. The fourth-order valence-corrected chi connectivity index (χ4v) is 3.29. The lowest BCUT2D eigenvalue weighted by Crippen LogP contribution is -2.13. The summed E-state index contributed by atoms with van der Waals surface area (Å²) in [5.41, 5.74) is 1.76. The molecule has 1 aromatic carbocycles. The maximum absolute atomic E-state index is 12.6. The Labute approximate surface area is 109 Å². The molecule has 1 aromatic rings. The van der Waals surface area contributed by atoms with E-state index in [4.69, 9.17) is 9.05 Å². The number of hydrogen-bond donors (Lipinski definition) is 1. The fraction of sp³-hybridized carbons (Fsp3) is 0.538. The molecule has 0 saturated heterocycles. The SMILES string of the molecule is Cc1ccccc1NP(=O)(OC(C)C)OC(C)C. The Morgan fingerprint density at radius 1 is 1.06 bits per heavy atom. The van der Waals surface area contributed by atoms with Gasteiger partial charge in [-0.25, -0.2) is 4.57 Å². The highest BCUT2D eigenvalue weighted by molar-refractivity contribution is 7.55. The zero-order valence-electron chi connectivity index (χ0n) is 11.6. The molecule has 1 rings (SSSR count). The zero-order chi connectivity index (χ0) is 13.8. The predicted molar refractivity (Wildman–Crippen MR) is 74.9 cm³/mol. The van der Waals surface area contributed by atoms with Crippen molar-refractivity contribution in [3.63, 3.8) is 0 Å². The molecule has 0 fully saturated rings. The summed E-state index contributed by atoms with van der Waals surface area (Å²) >= 11 is 0. The van der Waals surface area contributed by atoms with Gasteiger partial charge in [-0.3, -0.25) is 14.1 Å². The third kappa shape index (κ3) is 4.81. The van der Waals surface area contributed by atoms with E-state index in [1.807, 2.05) is 58.9 Å². The molecule has 0 aliphatic rings. The molecule has 0 aliphatic carbocycles. The van der Waals surface area contributed by atoms with Crippen LogP contribution in [0.3, 0.4) is 0 Å². The maximum Gasteiger partial charge on any atom is 0.433 e. The topological polar surface area (TPSA) is 47.6 Å². The highest BCUT2D eigenvalue weighted by atomic mass is 31.2. The zero-order valence-corrected chi connectivity index (χ0v) is 12.5. The number of rotatable bonds is 6. The number of benzene rings is 1. The highest BCUT2D eigenvalue weighted by Crippen LogP contribution is 2.50. The van der Waals surface area contributed by atoms with E-state index in [1.54, 1.807) is 0 Å². The first-order valence-electron chi connectivity index (χ1n) is 6.13. The molecule has 0 aromatic heterocycles. The maximum atomic E-state index is 12.6. The van der Waals surface area contributed by atoms with Crippen LogP contribution >= 0.6 is 7.75 Å². The van der Waals surface area contributed by atoms with Gasteiger partial charge in [0.15, 0.2) is 0 Å². The first-order chi connectivity index (χ1) is 8.32. The summed E-state index contributed by atoms with van der Waals surface area (Å²) in [5, 5.41) is 2.90. The predicted octanol–water partition coefficient (Wildman–Crippen LogP) is 4.37. The largest absolute Gasteiger partial charge is 0.433 e. The van der Waals surface area contributed by atoms with Crippen molar-refractivity contribution >= 4 is 13.4 Å². The second-order valence-electron chi connectivity index (χ2n) is 4.73. The Hall–Kier alpha value is -0.830. The van der Waals surface area contributed by atoms with Crippen molar-refractivity contribution in [2.75, 3.05) is 5.09 Å². The van der Waals surface area contributed by atoms with Crippen molar-refractivity contribution in [2.45, 2.75) is 46.8 Å². The van der Waals surface area contributed by atoms with Crippen LogP contribution in [0.4, 0.5) is 5.69 Å². The van der Waals surface area contributed by atoms with Crippen molar-refractivity contribution < 1.29 is 13.6 Å². The molecule has 0 spiro atoms. The summed E-state index contributed by atoms with van der Waals surface area (Å²) in [6.07, 6.45) is -0.350. The van der Waals surface area contributed by atoms with Gasteiger partial charge in [0.05, 0.1) is 12.2 Å². The molecule has 5 heteroatoms. The van der Waals surface area contributed by atoms with E-state index in [0.29, 0.717) is 0 Å². The highest BCUT2D eigenvalue weighted by Gasteiger charge is 2.28. The summed E-state index contributed by atoms with van der Waals surface area (Å²) in [5.74, 6) is 0. The van der Waals surface area contributed by atoms with Gasteiger partial charge in [-0.05, 0) is 46.2 Å². The number of nitrogens with one attached hydrogen (secondary N) is 1. The second kappa shape index (κ2) is 6.37. The number of aryl methyl sites for hydroxylation is 1. The smallest absolute Gasteiger partial charge is 0.293 e. The molecule has 4 nitrogen and oxygen atoms in total. The quantitative estimate of drug-likeness (QED) is 0.781. The van der Waals surface area contributed by atoms with E-state index in [9.17, 15) is 4.57 Å². The van der Waals surface area contributed by atoms with E-state index < -0.39 is 7.75 Å². The van der Waals surface area contributed by atoms with Crippen molar-refractivity contribution in [3.05, 3.63) is 29.8 Å². The molecule has 0 amide bonds. The van der Waals surface area contributed by atoms with Gasteiger partial charge in [0.1, 0.15) is 0 Å². The molecule has 0 heterocycles. The van der Waals surface area contributed by atoms with E-state index >= 15 is 0 Å². The molecule has 1 N–H and O–H groups in total. The van der Waals surface area contributed by atoms with Crippen molar-refractivity contribution in [2.24, 2.45) is 0 Å². The van der Waals surface area contributed by atoms with Crippen LogP contribution in [0.5, 0.6) is 0 Å². The van der Waals surface area contributed by atoms with E-state index in [0.717, 1.165) is 11.3 Å². The monoisotopic (exact) mass is 271 g/mol. The van der Waals surface area contributed by atoms with Crippen LogP contribution in [0.25, 0.3) is 0 Å². The van der Waals surface area contributed by atoms with Gasteiger partial charge < -0.3 is 0 Å². The molecular weight excluding hydrogens is 249 g/mol. The molecule has 18 heavy (non-hydrogen) atoms. The lowest BCUT2D eigenvalue weighted by molar-refractivity contribution is 0.146. The minimum absolute atomic E-state index is 0.175. The van der Waals surface area contributed by atoms with E-state index in [2.05, 4.69) is 5.09 Å².